The maximum absolute atomic E-state index is 14.1. The topological polar surface area (TPSA) is 147 Å². The molecular formula is C26H20F2N4O6. The number of halogens is 2. The number of amides is 2. The minimum atomic E-state index is -0.850. The molecule has 12 heteroatoms. The monoisotopic (exact) mass is 522 g/mol. The standard InChI is InChI=1S/C26H20F2N4O6/c1-14(19-8-5-17(27)13-21(19)28)29-18-6-2-15(3-7-18)20-10-11-38-24(20)26(35)31-30-25(34)16-4-9-23(33)22(12-16)32(36)37/h2-14,29,33H,1H3,(H,30,34)(H,31,35). The molecule has 2 amide bonds. The Morgan fingerprint density at radius 3 is 2.37 bits per heavy atom. The highest BCUT2D eigenvalue weighted by Gasteiger charge is 2.20. The molecule has 0 spiro atoms. The summed E-state index contributed by atoms with van der Waals surface area (Å²) in [6.45, 7) is 1.73. The van der Waals surface area contributed by atoms with Crippen LogP contribution in [-0.2, 0) is 0 Å². The molecule has 0 radical (unpaired) electrons. The van der Waals surface area contributed by atoms with Gasteiger partial charge in [0.05, 0.1) is 17.2 Å². The van der Waals surface area contributed by atoms with Crippen molar-refractivity contribution in [1.82, 2.24) is 10.9 Å². The van der Waals surface area contributed by atoms with Crippen LogP contribution in [0.25, 0.3) is 11.1 Å². The third-order valence-corrected chi connectivity index (χ3v) is 5.60. The molecule has 0 fully saturated rings. The molecule has 0 aliphatic heterocycles. The van der Waals surface area contributed by atoms with Gasteiger partial charge in [-0.2, -0.15) is 0 Å². The number of carbonyl (C=O) groups is 2. The largest absolute Gasteiger partial charge is 0.502 e. The van der Waals surface area contributed by atoms with E-state index >= 15 is 0 Å². The number of furan rings is 1. The number of nitro groups is 1. The van der Waals surface area contributed by atoms with E-state index < -0.39 is 45.9 Å². The van der Waals surface area contributed by atoms with Crippen LogP contribution in [-0.4, -0.2) is 21.8 Å². The smallest absolute Gasteiger partial charge is 0.311 e. The number of nitro benzene ring substituents is 1. The molecule has 1 atom stereocenters. The van der Waals surface area contributed by atoms with Crippen LogP contribution < -0.4 is 16.2 Å². The van der Waals surface area contributed by atoms with E-state index in [0.29, 0.717) is 22.4 Å². The molecule has 38 heavy (non-hydrogen) atoms. The Kier molecular flexibility index (Phi) is 7.33. The van der Waals surface area contributed by atoms with Gasteiger partial charge in [0.1, 0.15) is 11.6 Å². The number of hydrazine groups is 1. The van der Waals surface area contributed by atoms with Crippen molar-refractivity contribution in [3.05, 3.63) is 112 Å². The molecule has 1 heterocycles. The number of benzene rings is 3. The van der Waals surface area contributed by atoms with Crippen molar-refractivity contribution in [2.45, 2.75) is 13.0 Å². The summed E-state index contributed by atoms with van der Waals surface area (Å²) >= 11 is 0. The van der Waals surface area contributed by atoms with Crippen LogP contribution >= 0.6 is 0 Å². The van der Waals surface area contributed by atoms with Gasteiger partial charge in [-0.05, 0) is 48.9 Å². The van der Waals surface area contributed by atoms with Crippen LogP contribution in [0.5, 0.6) is 5.75 Å². The van der Waals surface area contributed by atoms with E-state index in [0.717, 1.165) is 24.3 Å². The number of nitrogens with zero attached hydrogens (tertiary/aromatic N) is 1. The third-order valence-electron chi connectivity index (χ3n) is 5.60. The molecule has 4 rings (SSSR count). The summed E-state index contributed by atoms with van der Waals surface area (Å²) in [5, 5.41) is 23.6. The van der Waals surface area contributed by atoms with Crippen molar-refractivity contribution in [2.75, 3.05) is 5.32 Å². The first-order valence-corrected chi connectivity index (χ1v) is 11.1. The van der Waals surface area contributed by atoms with Gasteiger partial charge in [0.25, 0.3) is 5.91 Å². The zero-order valence-corrected chi connectivity index (χ0v) is 19.7. The van der Waals surface area contributed by atoms with Crippen molar-refractivity contribution < 1.29 is 32.8 Å². The minimum Gasteiger partial charge on any atom is -0.502 e. The van der Waals surface area contributed by atoms with E-state index in [2.05, 4.69) is 16.2 Å². The third kappa shape index (κ3) is 5.59. The van der Waals surface area contributed by atoms with Crippen LogP contribution in [0, 0.1) is 21.7 Å². The van der Waals surface area contributed by atoms with Crippen LogP contribution in [0.4, 0.5) is 20.2 Å². The lowest BCUT2D eigenvalue weighted by Gasteiger charge is -2.17. The van der Waals surface area contributed by atoms with E-state index in [1.54, 1.807) is 37.3 Å². The molecule has 4 aromatic rings. The molecular weight excluding hydrogens is 502 g/mol. The fourth-order valence-corrected chi connectivity index (χ4v) is 3.69. The summed E-state index contributed by atoms with van der Waals surface area (Å²) in [6.07, 6.45) is 1.29. The maximum atomic E-state index is 14.1. The second kappa shape index (κ2) is 10.8. The lowest BCUT2D eigenvalue weighted by atomic mass is 10.0. The predicted molar refractivity (Wildman–Crippen MR) is 132 cm³/mol. The van der Waals surface area contributed by atoms with Crippen LogP contribution in [0.3, 0.4) is 0 Å². The molecule has 0 saturated carbocycles. The summed E-state index contributed by atoms with van der Waals surface area (Å²) in [5.41, 5.74) is 5.47. The molecule has 0 aliphatic carbocycles. The van der Waals surface area contributed by atoms with E-state index in [4.69, 9.17) is 4.42 Å². The van der Waals surface area contributed by atoms with Crippen LogP contribution in [0.1, 0.15) is 39.4 Å². The van der Waals surface area contributed by atoms with Gasteiger partial charge in [-0.1, -0.05) is 18.2 Å². The van der Waals surface area contributed by atoms with Crippen LogP contribution in [0.15, 0.2) is 77.4 Å². The SMILES string of the molecule is CC(Nc1ccc(-c2ccoc2C(=O)NNC(=O)c2ccc(O)c([N+](=O)[O-])c2)cc1)c1ccc(F)cc1F. The van der Waals surface area contributed by atoms with Gasteiger partial charge in [0.15, 0.2) is 5.75 Å². The van der Waals surface area contributed by atoms with Crippen molar-refractivity contribution in [1.29, 1.82) is 0 Å². The van der Waals surface area contributed by atoms with E-state index in [1.165, 1.54) is 18.4 Å². The Balaban J connectivity index is 1.42. The summed E-state index contributed by atoms with van der Waals surface area (Å²) < 4.78 is 32.5. The van der Waals surface area contributed by atoms with Gasteiger partial charge >= 0.3 is 11.6 Å². The second-order valence-electron chi connectivity index (χ2n) is 8.14. The van der Waals surface area contributed by atoms with Gasteiger partial charge in [0, 0.05) is 34.5 Å². The first-order valence-electron chi connectivity index (χ1n) is 11.1. The average molecular weight is 522 g/mol. The molecule has 0 bridgehead atoms. The molecule has 194 valence electrons. The minimum absolute atomic E-state index is 0.107. The molecule has 10 nitrogen and oxygen atoms in total. The quantitative estimate of drug-likeness (QED) is 0.195. The van der Waals surface area contributed by atoms with E-state index in [1.807, 2.05) is 0 Å². The van der Waals surface area contributed by atoms with Gasteiger partial charge < -0.3 is 14.8 Å². The highest BCUT2D eigenvalue weighted by atomic mass is 19.1. The van der Waals surface area contributed by atoms with Gasteiger partial charge in [-0.3, -0.25) is 30.6 Å². The molecule has 3 aromatic carbocycles. The van der Waals surface area contributed by atoms with Gasteiger partial charge in [0.2, 0.25) is 5.76 Å². The first-order chi connectivity index (χ1) is 18.1. The number of anilines is 1. The summed E-state index contributed by atoms with van der Waals surface area (Å²) in [4.78, 5) is 35.1. The number of carbonyl (C=O) groups excluding carboxylic acids is 2. The Bertz CT molecular complexity index is 1520. The Labute approximate surface area is 214 Å². The molecule has 0 saturated heterocycles. The highest BCUT2D eigenvalue weighted by Crippen LogP contribution is 2.29. The normalized spacial score (nSPS) is 11.4. The van der Waals surface area contributed by atoms with E-state index in [-0.39, 0.29) is 11.3 Å². The van der Waals surface area contributed by atoms with Crippen LogP contribution in [0.2, 0.25) is 0 Å². The Hall–Kier alpha value is -5.26. The summed E-state index contributed by atoms with van der Waals surface area (Å²) in [6, 6.07) is 14.3. The first kappa shape index (κ1) is 25.8. The summed E-state index contributed by atoms with van der Waals surface area (Å²) in [7, 11) is 0. The highest BCUT2D eigenvalue weighted by molar-refractivity contribution is 6.01. The predicted octanol–water partition coefficient (Wildman–Crippen LogP) is 5.09. The van der Waals surface area contributed by atoms with Gasteiger partial charge in [-0.25, -0.2) is 8.78 Å². The van der Waals surface area contributed by atoms with Gasteiger partial charge in [-0.15, -0.1) is 0 Å². The number of rotatable bonds is 7. The van der Waals surface area contributed by atoms with Crippen molar-refractivity contribution in [3.8, 4) is 16.9 Å². The van der Waals surface area contributed by atoms with Crippen molar-refractivity contribution in [2.24, 2.45) is 0 Å². The fourth-order valence-electron chi connectivity index (χ4n) is 3.69. The lowest BCUT2D eigenvalue weighted by Crippen LogP contribution is -2.41. The summed E-state index contributed by atoms with van der Waals surface area (Å²) in [5.74, 6) is -3.66. The second-order valence-corrected chi connectivity index (χ2v) is 8.14. The zero-order valence-electron chi connectivity index (χ0n) is 19.7. The number of phenolic OH excluding ortho intramolecular Hbond substituents is 1. The number of hydrogen-bond donors (Lipinski definition) is 4. The Morgan fingerprint density at radius 1 is 0.974 bits per heavy atom. The number of hydrogen-bond acceptors (Lipinski definition) is 7. The van der Waals surface area contributed by atoms with E-state index in [9.17, 15) is 33.6 Å². The molecule has 1 unspecified atom stereocenters. The molecule has 1 aromatic heterocycles. The Morgan fingerprint density at radius 2 is 1.68 bits per heavy atom. The number of nitrogens with one attached hydrogen (secondary N) is 3. The average Bonchev–Trinajstić information content (AvgIpc) is 3.37. The maximum Gasteiger partial charge on any atom is 0.311 e. The van der Waals surface area contributed by atoms with Crippen molar-refractivity contribution in [3.63, 3.8) is 0 Å². The van der Waals surface area contributed by atoms with Crippen molar-refractivity contribution >= 4 is 23.2 Å². The molecule has 0 aliphatic rings. The number of phenols is 1. The lowest BCUT2D eigenvalue weighted by molar-refractivity contribution is -0.385. The zero-order chi connectivity index (χ0) is 27.4. The molecule has 4 N–H and O–H groups in total. The fraction of sp³-hybridized carbons (Fsp3) is 0.0769. The number of aromatic hydroxyl groups is 1.